The highest BCUT2D eigenvalue weighted by Crippen LogP contribution is 2.31. The number of fused-ring (bicyclic) bond motifs is 2. The van der Waals surface area contributed by atoms with Crippen LogP contribution in [0.3, 0.4) is 0 Å². The molecule has 1 aliphatic heterocycles. The number of aromatic nitrogens is 3. The minimum Gasteiger partial charge on any atom is -0.459 e. The third kappa shape index (κ3) is 4.28. The molecular weight excluding hydrogens is 512 g/mol. The summed E-state index contributed by atoms with van der Waals surface area (Å²) in [5, 5.41) is 0.550. The number of carbonyl (C=O) groups is 1. The van der Waals surface area contributed by atoms with Crippen LogP contribution in [-0.2, 0) is 23.6 Å². The van der Waals surface area contributed by atoms with Crippen LogP contribution in [0.5, 0.6) is 0 Å². The van der Waals surface area contributed by atoms with E-state index in [1.165, 1.54) is 11.3 Å². The molecule has 0 aliphatic carbocycles. The van der Waals surface area contributed by atoms with Crippen molar-refractivity contribution in [3.8, 4) is 0 Å². The smallest absolute Gasteiger partial charge is 0.338 e. The number of thiazole rings is 1. The summed E-state index contributed by atoms with van der Waals surface area (Å²) in [4.78, 5) is 44.4. The van der Waals surface area contributed by atoms with E-state index in [9.17, 15) is 14.4 Å². The van der Waals surface area contributed by atoms with E-state index in [1.54, 1.807) is 78.9 Å². The molecule has 37 heavy (non-hydrogen) atoms. The van der Waals surface area contributed by atoms with Crippen molar-refractivity contribution in [3.05, 3.63) is 100 Å². The Morgan fingerprint density at radius 2 is 1.76 bits per heavy atom. The lowest BCUT2D eigenvalue weighted by atomic mass is 9.96. The molecule has 3 heterocycles. The number of imidazole rings is 1. The van der Waals surface area contributed by atoms with Crippen molar-refractivity contribution in [2.75, 3.05) is 0 Å². The largest absolute Gasteiger partial charge is 0.459 e. The number of halogens is 1. The fourth-order valence-electron chi connectivity index (χ4n) is 4.59. The third-order valence-electron chi connectivity index (χ3n) is 6.36. The molecule has 2 aromatic carbocycles. The van der Waals surface area contributed by atoms with Crippen LogP contribution in [0.15, 0.2) is 68.3 Å². The van der Waals surface area contributed by atoms with Crippen molar-refractivity contribution in [1.29, 1.82) is 0 Å². The molecule has 190 valence electrons. The zero-order valence-electron chi connectivity index (χ0n) is 21.0. The van der Waals surface area contributed by atoms with Gasteiger partial charge in [-0.3, -0.25) is 18.5 Å². The van der Waals surface area contributed by atoms with Crippen molar-refractivity contribution in [2.24, 2.45) is 19.1 Å². The molecule has 5 rings (SSSR count). The van der Waals surface area contributed by atoms with Gasteiger partial charge in [-0.1, -0.05) is 41.1 Å². The van der Waals surface area contributed by atoms with Crippen LogP contribution in [0.4, 0.5) is 0 Å². The van der Waals surface area contributed by atoms with Gasteiger partial charge in [0.1, 0.15) is 0 Å². The van der Waals surface area contributed by atoms with Crippen LogP contribution in [0.2, 0.25) is 5.02 Å². The molecule has 4 aromatic rings. The molecule has 0 unspecified atom stereocenters. The molecule has 1 atom stereocenters. The summed E-state index contributed by atoms with van der Waals surface area (Å²) < 4.78 is 10.7. The number of hydrogen-bond acceptors (Lipinski definition) is 6. The van der Waals surface area contributed by atoms with Gasteiger partial charge in [0.05, 0.1) is 39.0 Å². The summed E-state index contributed by atoms with van der Waals surface area (Å²) in [6, 6.07) is 12.0. The Morgan fingerprint density at radius 1 is 1.08 bits per heavy atom. The lowest BCUT2D eigenvalue weighted by molar-refractivity contribution is -0.143. The van der Waals surface area contributed by atoms with E-state index in [1.807, 2.05) is 18.2 Å². The monoisotopic (exact) mass is 536 g/mol. The Labute approximate surface area is 221 Å². The van der Waals surface area contributed by atoms with E-state index in [2.05, 4.69) is 4.99 Å². The van der Waals surface area contributed by atoms with Crippen LogP contribution in [0, 0.1) is 0 Å². The first-order chi connectivity index (χ1) is 17.6. The molecule has 0 bridgehead atoms. The summed E-state index contributed by atoms with van der Waals surface area (Å²) in [7, 11) is 3.44. The minimum absolute atomic E-state index is 0.120. The zero-order chi connectivity index (χ0) is 26.6. The molecule has 0 radical (unpaired) electrons. The predicted molar refractivity (Wildman–Crippen MR) is 145 cm³/mol. The number of nitrogens with zero attached hydrogens (tertiary/aromatic N) is 4. The predicted octanol–water partition coefficient (Wildman–Crippen LogP) is 3.03. The lowest BCUT2D eigenvalue weighted by Crippen LogP contribution is -2.40. The molecule has 10 heteroatoms. The number of esters is 1. The minimum atomic E-state index is -0.709. The first-order valence-corrected chi connectivity index (χ1v) is 12.9. The van der Waals surface area contributed by atoms with Gasteiger partial charge >= 0.3 is 11.7 Å². The Morgan fingerprint density at radius 3 is 2.43 bits per heavy atom. The first kappa shape index (κ1) is 25.0. The van der Waals surface area contributed by atoms with Crippen molar-refractivity contribution in [3.63, 3.8) is 0 Å². The number of benzene rings is 2. The lowest BCUT2D eigenvalue weighted by Gasteiger charge is -2.25. The number of rotatable bonds is 4. The van der Waals surface area contributed by atoms with Crippen LogP contribution in [-0.4, -0.2) is 25.8 Å². The number of ether oxygens (including phenoxy) is 1. The fourth-order valence-corrected chi connectivity index (χ4v) is 5.76. The molecule has 8 nitrogen and oxygen atoms in total. The van der Waals surface area contributed by atoms with Gasteiger partial charge in [-0.25, -0.2) is 14.6 Å². The van der Waals surface area contributed by atoms with Gasteiger partial charge in [-0.05, 0) is 62.2 Å². The van der Waals surface area contributed by atoms with Gasteiger partial charge in [0.2, 0.25) is 0 Å². The summed E-state index contributed by atoms with van der Waals surface area (Å²) in [6.45, 7) is 5.31. The van der Waals surface area contributed by atoms with Gasteiger partial charge in [0, 0.05) is 19.1 Å². The average Bonchev–Trinajstić information content (AvgIpc) is 3.26. The van der Waals surface area contributed by atoms with Gasteiger partial charge in [-0.2, -0.15) is 0 Å². The summed E-state index contributed by atoms with van der Waals surface area (Å²) >= 11 is 7.37. The molecule has 0 saturated carbocycles. The molecule has 2 aromatic heterocycles. The van der Waals surface area contributed by atoms with E-state index < -0.39 is 12.0 Å². The first-order valence-electron chi connectivity index (χ1n) is 11.7. The zero-order valence-corrected chi connectivity index (χ0v) is 22.6. The van der Waals surface area contributed by atoms with Crippen LogP contribution in [0.1, 0.15) is 37.9 Å². The van der Waals surface area contributed by atoms with Crippen LogP contribution in [0.25, 0.3) is 17.1 Å². The van der Waals surface area contributed by atoms with Crippen molar-refractivity contribution in [2.45, 2.75) is 32.9 Å². The molecule has 0 fully saturated rings. The van der Waals surface area contributed by atoms with E-state index >= 15 is 0 Å². The second-order valence-electron chi connectivity index (χ2n) is 9.24. The highest BCUT2D eigenvalue weighted by molar-refractivity contribution is 7.07. The van der Waals surface area contributed by atoms with Gasteiger partial charge in [0.15, 0.2) is 4.80 Å². The maximum Gasteiger partial charge on any atom is 0.338 e. The van der Waals surface area contributed by atoms with E-state index in [-0.39, 0.29) is 17.4 Å². The molecule has 1 aliphatic rings. The topological polar surface area (TPSA) is 87.6 Å². The van der Waals surface area contributed by atoms with Gasteiger partial charge in [0.25, 0.3) is 5.56 Å². The molecule has 0 amide bonds. The standard InChI is InChI=1S/C27H25ClN4O4S/c1-14(2)36-25(34)22-15(3)29-26-32(23(22)17-7-9-18(28)10-8-17)24(33)21(37-26)13-16-6-11-19-20(12-16)31(5)27(35)30(19)4/h6-14,23H,1-5H3/b21-13+/t23-/m0/s1. The maximum absolute atomic E-state index is 13.8. The summed E-state index contributed by atoms with van der Waals surface area (Å²) in [5.41, 5.74) is 3.49. The number of carbonyl (C=O) groups excluding carboxylic acids is 1. The van der Waals surface area contributed by atoms with Crippen molar-refractivity contribution in [1.82, 2.24) is 13.7 Å². The quantitative estimate of drug-likeness (QED) is 0.375. The third-order valence-corrected chi connectivity index (χ3v) is 7.60. The molecular formula is C27H25ClN4O4S. The second-order valence-corrected chi connectivity index (χ2v) is 10.7. The van der Waals surface area contributed by atoms with Crippen molar-refractivity contribution >= 4 is 46.0 Å². The molecule has 0 spiro atoms. The van der Waals surface area contributed by atoms with Crippen LogP contribution < -0.4 is 20.6 Å². The highest BCUT2D eigenvalue weighted by Gasteiger charge is 2.33. The SMILES string of the molecule is CC1=C(C(=O)OC(C)C)[C@H](c2ccc(Cl)cc2)n2c(s/c(=C/c3ccc4c(c3)n(C)c(=O)n4C)c2=O)=N1. The summed E-state index contributed by atoms with van der Waals surface area (Å²) in [6.07, 6.45) is 1.46. The Hall–Kier alpha value is -3.69. The summed E-state index contributed by atoms with van der Waals surface area (Å²) in [5.74, 6) is -0.513. The Balaban J connectivity index is 1.71. The molecule has 0 saturated heterocycles. The Kier molecular flexibility index (Phi) is 6.29. The van der Waals surface area contributed by atoms with Crippen molar-refractivity contribution < 1.29 is 9.53 Å². The van der Waals surface area contributed by atoms with Gasteiger partial charge in [-0.15, -0.1) is 0 Å². The van der Waals surface area contributed by atoms with E-state index in [0.717, 1.165) is 22.2 Å². The highest BCUT2D eigenvalue weighted by atomic mass is 35.5. The van der Waals surface area contributed by atoms with Crippen LogP contribution >= 0.6 is 22.9 Å². The second kappa shape index (κ2) is 9.32. The normalized spacial score (nSPS) is 15.9. The Bertz CT molecular complexity index is 1840. The number of aryl methyl sites for hydroxylation is 2. The fraction of sp³-hybridized carbons (Fsp3) is 0.259. The average molecular weight is 537 g/mol. The van der Waals surface area contributed by atoms with E-state index in [0.29, 0.717) is 25.6 Å². The number of hydrogen-bond donors (Lipinski definition) is 0. The number of allylic oxidation sites excluding steroid dienone is 1. The molecule has 0 N–H and O–H groups in total. The van der Waals surface area contributed by atoms with E-state index in [4.69, 9.17) is 16.3 Å². The van der Waals surface area contributed by atoms with Gasteiger partial charge < -0.3 is 4.74 Å². The maximum atomic E-state index is 13.8.